The molecule has 0 bridgehead atoms. The third kappa shape index (κ3) is 4.75. The van der Waals surface area contributed by atoms with E-state index in [9.17, 15) is 4.79 Å². The van der Waals surface area contributed by atoms with Crippen LogP contribution in [0.2, 0.25) is 0 Å². The van der Waals surface area contributed by atoms with Crippen LogP contribution in [0.15, 0.2) is 0 Å². The third-order valence-electron chi connectivity index (χ3n) is 1.36. The van der Waals surface area contributed by atoms with Gasteiger partial charge in [-0.3, -0.25) is 0 Å². The van der Waals surface area contributed by atoms with Gasteiger partial charge in [-0.2, -0.15) is 0 Å². The van der Waals surface area contributed by atoms with Crippen molar-refractivity contribution < 1.29 is 19.7 Å². The Hall–Kier alpha value is -0.610. The molecule has 0 aromatic carbocycles. The normalized spacial score (nSPS) is 15.9. The van der Waals surface area contributed by atoms with Gasteiger partial charge in [-0.25, -0.2) is 4.79 Å². The van der Waals surface area contributed by atoms with Crippen molar-refractivity contribution in [2.24, 2.45) is 0 Å². The summed E-state index contributed by atoms with van der Waals surface area (Å²) in [5.41, 5.74) is 0. The average molecular weight is 162 g/mol. The molecule has 4 nitrogen and oxygen atoms in total. The Morgan fingerprint density at radius 1 is 1.64 bits per heavy atom. The molecule has 0 amide bonds. The lowest BCUT2D eigenvalue weighted by Crippen LogP contribution is -2.25. The Labute approximate surface area is 65.8 Å². The Balaban J connectivity index is 3.45. The number of aliphatic hydroxyl groups is 1. The van der Waals surface area contributed by atoms with Gasteiger partial charge >= 0.3 is 5.97 Å². The standard InChI is InChI=1S/C7H14O4/c1-3-6(8)4-11-5(2)7(9)10/h5-6,8H,3-4H2,1-2H3,(H,9,10)/t5-,6?/m1/s1. The summed E-state index contributed by atoms with van der Waals surface area (Å²) >= 11 is 0. The van der Waals surface area contributed by atoms with Crippen molar-refractivity contribution in [1.82, 2.24) is 0 Å². The smallest absolute Gasteiger partial charge is 0.332 e. The first-order valence-corrected chi connectivity index (χ1v) is 3.60. The molecular formula is C7H14O4. The maximum absolute atomic E-state index is 10.2. The number of hydrogen-bond acceptors (Lipinski definition) is 3. The molecule has 0 saturated heterocycles. The van der Waals surface area contributed by atoms with Crippen LogP contribution in [0.5, 0.6) is 0 Å². The fourth-order valence-electron chi connectivity index (χ4n) is 0.445. The molecule has 0 spiro atoms. The summed E-state index contributed by atoms with van der Waals surface area (Å²) in [7, 11) is 0. The van der Waals surface area contributed by atoms with Crippen LogP contribution in [0.4, 0.5) is 0 Å². The molecule has 0 aromatic heterocycles. The Morgan fingerprint density at radius 2 is 2.18 bits per heavy atom. The minimum absolute atomic E-state index is 0.0873. The fraction of sp³-hybridized carbons (Fsp3) is 0.857. The molecule has 0 aliphatic rings. The van der Waals surface area contributed by atoms with Gasteiger partial charge in [-0.15, -0.1) is 0 Å². The van der Waals surface area contributed by atoms with E-state index in [0.29, 0.717) is 6.42 Å². The van der Waals surface area contributed by atoms with Gasteiger partial charge in [0.05, 0.1) is 12.7 Å². The van der Waals surface area contributed by atoms with E-state index in [4.69, 9.17) is 14.9 Å². The SMILES string of the molecule is CCC(O)CO[C@H](C)C(=O)O. The molecule has 0 rings (SSSR count). The van der Waals surface area contributed by atoms with Crippen molar-refractivity contribution in [1.29, 1.82) is 0 Å². The Kier molecular flexibility index (Phi) is 4.81. The lowest BCUT2D eigenvalue weighted by molar-refractivity contribution is -0.150. The van der Waals surface area contributed by atoms with Gasteiger partial charge in [0, 0.05) is 0 Å². The predicted molar refractivity (Wildman–Crippen MR) is 39.3 cm³/mol. The van der Waals surface area contributed by atoms with Crippen LogP contribution in [0, 0.1) is 0 Å². The molecule has 2 N–H and O–H groups in total. The fourth-order valence-corrected chi connectivity index (χ4v) is 0.445. The second-order valence-corrected chi connectivity index (χ2v) is 2.38. The number of rotatable bonds is 5. The number of aliphatic hydroxyl groups excluding tert-OH is 1. The zero-order valence-corrected chi connectivity index (χ0v) is 6.78. The van der Waals surface area contributed by atoms with E-state index >= 15 is 0 Å². The molecule has 0 aliphatic heterocycles. The summed E-state index contributed by atoms with van der Waals surface area (Å²) in [6, 6.07) is 0. The van der Waals surface area contributed by atoms with Gasteiger partial charge in [0.15, 0.2) is 6.10 Å². The summed E-state index contributed by atoms with van der Waals surface area (Å²) < 4.78 is 4.81. The molecule has 66 valence electrons. The summed E-state index contributed by atoms with van der Waals surface area (Å²) in [4.78, 5) is 10.2. The van der Waals surface area contributed by atoms with Gasteiger partial charge in [0.1, 0.15) is 0 Å². The van der Waals surface area contributed by atoms with Crippen molar-refractivity contribution in [3.8, 4) is 0 Å². The zero-order chi connectivity index (χ0) is 8.85. The van der Waals surface area contributed by atoms with Gasteiger partial charge in [-0.1, -0.05) is 6.92 Å². The highest BCUT2D eigenvalue weighted by Crippen LogP contribution is 1.95. The van der Waals surface area contributed by atoms with Gasteiger partial charge < -0.3 is 14.9 Å². The topological polar surface area (TPSA) is 66.8 Å². The third-order valence-corrected chi connectivity index (χ3v) is 1.36. The van der Waals surface area contributed by atoms with Crippen LogP contribution in [0.25, 0.3) is 0 Å². The lowest BCUT2D eigenvalue weighted by atomic mass is 10.3. The molecule has 0 heterocycles. The molecule has 4 heteroatoms. The molecule has 1 unspecified atom stereocenters. The van der Waals surface area contributed by atoms with Crippen LogP contribution >= 0.6 is 0 Å². The first-order chi connectivity index (χ1) is 5.07. The molecule has 2 atom stereocenters. The van der Waals surface area contributed by atoms with E-state index in [0.717, 1.165) is 0 Å². The van der Waals surface area contributed by atoms with E-state index in [1.165, 1.54) is 6.92 Å². The van der Waals surface area contributed by atoms with Crippen LogP contribution < -0.4 is 0 Å². The van der Waals surface area contributed by atoms with E-state index in [1.54, 1.807) is 6.92 Å². The van der Waals surface area contributed by atoms with Crippen LogP contribution in [0.1, 0.15) is 20.3 Å². The van der Waals surface area contributed by atoms with E-state index in [-0.39, 0.29) is 6.61 Å². The van der Waals surface area contributed by atoms with Crippen LogP contribution in [-0.4, -0.2) is 35.0 Å². The molecule has 0 fully saturated rings. The van der Waals surface area contributed by atoms with E-state index in [1.807, 2.05) is 0 Å². The largest absolute Gasteiger partial charge is 0.479 e. The summed E-state index contributed by atoms with van der Waals surface area (Å²) in [5.74, 6) is -1.01. The van der Waals surface area contributed by atoms with Crippen LogP contribution in [-0.2, 0) is 9.53 Å². The second kappa shape index (κ2) is 5.09. The minimum Gasteiger partial charge on any atom is -0.479 e. The van der Waals surface area contributed by atoms with Crippen molar-refractivity contribution >= 4 is 5.97 Å². The summed E-state index contributed by atoms with van der Waals surface area (Å²) in [5, 5.41) is 17.3. The van der Waals surface area contributed by atoms with Crippen molar-refractivity contribution in [2.75, 3.05) is 6.61 Å². The van der Waals surface area contributed by atoms with Crippen molar-refractivity contribution in [3.05, 3.63) is 0 Å². The maximum Gasteiger partial charge on any atom is 0.332 e. The second-order valence-electron chi connectivity index (χ2n) is 2.38. The Morgan fingerprint density at radius 3 is 2.55 bits per heavy atom. The highest BCUT2D eigenvalue weighted by atomic mass is 16.5. The minimum atomic E-state index is -1.01. The zero-order valence-electron chi connectivity index (χ0n) is 6.78. The molecule has 0 saturated carbocycles. The van der Waals surface area contributed by atoms with Gasteiger partial charge in [0.25, 0.3) is 0 Å². The number of carboxylic acid groups (broad SMARTS) is 1. The van der Waals surface area contributed by atoms with Crippen molar-refractivity contribution in [3.63, 3.8) is 0 Å². The lowest BCUT2D eigenvalue weighted by Gasteiger charge is -2.11. The molecule has 0 aromatic rings. The quantitative estimate of drug-likeness (QED) is 0.608. The molecule has 11 heavy (non-hydrogen) atoms. The first kappa shape index (κ1) is 10.4. The highest BCUT2D eigenvalue weighted by Gasteiger charge is 2.12. The van der Waals surface area contributed by atoms with E-state index in [2.05, 4.69) is 0 Å². The molecule has 0 aliphatic carbocycles. The highest BCUT2D eigenvalue weighted by molar-refractivity contribution is 5.71. The Bertz CT molecular complexity index is 124. The number of carbonyl (C=O) groups is 1. The van der Waals surface area contributed by atoms with Gasteiger partial charge in [0.2, 0.25) is 0 Å². The maximum atomic E-state index is 10.2. The monoisotopic (exact) mass is 162 g/mol. The summed E-state index contributed by atoms with van der Waals surface area (Å²) in [6.07, 6.45) is -0.820. The average Bonchev–Trinajstić information content (AvgIpc) is 1.99. The molecule has 0 radical (unpaired) electrons. The van der Waals surface area contributed by atoms with E-state index < -0.39 is 18.2 Å². The number of hydrogen-bond donors (Lipinski definition) is 2. The van der Waals surface area contributed by atoms with Gasteiger partial charge in [-0.05, 0) is 13.3 Å². The van der Waals surface area contributed by atoms with Crippen LogP contribution in [0.3, 0.4) is 0 Å². The van der Waals surface area contributed by atoms with Crippen molar-refractivity contribution in [2.45, 2.75) is 32.5 Å². The predicted octanol–water partition coefficient (Wildman–Crippen LogP) is 0.247. The molecular weight excluding hydrogens is 148 g/mol. The first-order valence-electron chi connectivity index (χ1n) is 3.60. The number of aliphatic carboxylic acids is 1. The summed E-state index contributed by atoms with van der Waals surface area (Å²) in [6.45, 7) is 3.33. The number of ether oxygens (including phenoxy) is 1. The number of carboxylic acids is 1.